The fraction of sp³-hybridized carbons (Fsp3) is 0.559. The molecule has 11 nitrogen and oxygen atoms in total. The Labute approximate surface area is 264 Å². The lowest BCUT2D eigenvalue weighted by atomic mass is 9.71. The maximum absolute atomic E-state index is 14.1. The number of carbonyl (C=O) groups is 4. The summed E-state index contributed by atoms with van der Waals surface area (Å²) in [4.78, 5) is 59.0. The Morgan fingerprint density at radius 3 is 2.47 bits per heavy atom. The number of hydrogen-bond donors (Lipinski definition) is 3. The molecule has 3 aliphatic rings. The first kappa shape index (κ1) is 32.6. The second kappa shape index (κ2) is 13.7. The second-order valence-corrected chi connectivity index (χ2v) is 12.9. The molecule has 5 bridgehead atoms. The number of carbonyl (C=O) groups excluding carboxylic acids is 4. The number of benzene rings is 1. The Morgan fingerprint density at radius 1 is 1.02 bits per heavy atom. The smallest absolute Gasteiger partial charge is 0.325 e. The molecule has 0 radical (unpaired) electrons. The lowest BCUT2D eigenvalue weighted by Gasteiger charge is -2.38. The van der Waals surface area contributed by atoms with Gasteiger partial charge in [-0.15, -0.1) is 0 Å². The molecule has 1 aliphatic carbocycles. The zero-order chi connectivity index (χ0) is 32.3. The van der Waals surface area contributed by atoms with Crippen molar-refractivity contribution in [3.63, 3.8) is 0 Å². The van der Waals surface area contributed by atoms with Crippen LogP contribution in [-0.4, -0.2) is 71.6 Å². The minimum atomic E-state index is -0.890. The topological polar surface area (TPSA) is 139 Å². The number of amides is 3. The number of rotatable bonds is 2. The van der Waals surface area contributed by atoms with Crippen LogP contribution in [0.15, 0.2) is 36.4 Å². The summed E-state index contributed by atoms with van der Waals surface area (Å²) in [6.07, 6.45) is 7.00. The number of nitrogens with zero attached hydrogens (tertiary/aromatic N) is 2. The van der Waals surface area contributed by atoms with E-state index >= 15 is 0 Å². The minimum Gasteiger partial charge on any atom is -0.455 e. The number of methoxy groups -OCH3 is 1. The third-order valence-corrected chi connectivity index (χ3v) is 9.35. The van der Waals surface area contributed by atoms with Gasteiger partial charge in [0.2, 0.25) is 11.8 Å². The van der Waals surface area contributed by atoms with Gasteiger partial charge in [-0.25, -0.2) is 10.4 Å². The van der Waals surface area contributed by atoms with Crippen LogP contribution in [0.1, 0.15) is 83.6 Å². The van der Waals surface area contributed by atoms with Crippen molar-refractivity contribution in [2.75, 3.05) is 13.7 Å². The van der Waals surface area contributed by atoms with E-state index in [1.807, 2.05) is 56.3 Å². The lowest BCUT2D eigenvalue weighted by Crippen LogP contribution is -2.61. The van der Waals surface area contributed by atoms with Crippen molar-refractivity contribution < 1.29 is 28.7 Å². The number of aromatic nitrogens is 1. The quantitative estimate of drug-likeness (QED) is 0.434. The second-order valence-electron chi connectivity index (χ2n) is 12.9. The number of cyclic esters (lactones) is 1. The fourth-order valence-electron chi connectivity index (χ4n) is 6.40. The van der Waals surface area contributed by atoms with E-state index in [1.165, 1.54) is 5.01 Å². The molecule has 45 heavy (non-hydrogen) atoms. The van der Waals surface area contributed by atoms with Gasteiger partial charge in [-0.2, -0.15) is 0 Å². The number of hydrogen-bond acceptors (Lipinski definition) is 8. The SMILES string of the molecule is COC1CCC2(/C=C/c3ccc4ccc(nc4c3)[C@@H](C)OC(=O)[C@@H]3CCCN(N3)C(=O)[C@H](C)NC(=O)[C@H](C(C)C)NC2=O)CC1. The van der Waals surface area contributed by atoms with Crippen LogP contribution in [0.2, 0.25) is 0 Å². The van der Waals surface area contributed by atoms with Crippen LogP contribution in [0.25, 0.3) is 17.0 Å². The first-order chi connectivity index (χ1) is 21.5. The Morgan fingerprint density at radius 2 is 1.76 bits per heavy atom. The zero-order valence-corrected chi connectivity index (χ0v) is 26.8. The molecule has 1 saturated carbocycles. The summed E-state index contributed by atoms with van der Waals surface area (Å²) in [5, 5.41) is 8.15. The van der Waals surface area contributed by atoms with Crippen molar-refractivity contribution >= 4 is 40.7 Å². The van der Waals surface area contributed by atoms with Crippen LogP contribution in [0.5, 0.6) is 0 Å². The predicted octanol–water partition coefficient (Wildman–Crippen LogP) is 3.58. The molecule has 3 amide bonds. The van der Waals surface area contributed by atoms with Gasteiger partial charge in [0.25, 0.3) is 5.91 Å². The molecule has 1 aromatic carbocycles. The molecule has 2 fully saturated rings. The lowest BCUT2D eigenvalue weighted by molar-refractivity contribution is -0.157. The Hall–Kier alpha value is -3.83. The van der Waals surface area contributed by atoms with Gasteiger partial charge in [0.05, 0.1) is 22.7 Å². The molecule has 3 N–H and O–H groups in total. The largest absolute Gasteiger partial charge is 0.455 e. The molecule has 5 rings (SSSR count). The molecular weight excluding hydrogens is 574 g/mol. The monoisotopic (exact) mass is 619 g/mol. The first-order valence-corrected chi connectivity index (χ1v) is 16.0. The van der Waals surface area contributed by atoms with Gasteiger partial charge < -0.3 is 20.1 Å². The standard InChI is InChI=1S/C34H45N5O6/c1-20(2)29-30(40)35-21(3)31(41)39-18-6-7-27(38-39)32(42)45-22(4)26-11-10-24-9-8-23(19-28(24)36-26)12-15-34(33(43)37-29)16-13-25(44-5)14-17-34/h8-12,15,19-22,25,27,29,38H,6-7,13-14,16-18H2,1-5H3,(H,35,40)(H,37,43)/b15-12+/t21-,22+,25?,27-,29-,34?/m0/s1. The highest BCUT2D eigenvalue weighted by molar-refractivity contribution is 5.94. The van der Waals surface area contributed by atoms with E-state index in [1.54, 1.807) is 21.0 Å². The summed E-state index contributed by atoms with van der Waals surface area (Å²) in [5.74, 6) is -1.75. The number of nitrogens with one attached hydrogen (secondary N) is 3. The van der Waals surface area contributed by atoms with E-state index in [9.17, 15) is 19.2 Å². The van der Waals surface area contributed by atoms with Gasteiger partial charge in [0, 0.05) is 19.0 Å². The van der Waals surface area contributed by atoms with E-state index in [0.29, 0.717) is 50.8 Å². The molecule has 2 aliphatic heterocycles. The summed E-state index contributed by atoms with van der Waals surface area (Å²) >= 11 is 0. The molecule has 2 aromatic rings. The molecule has 1 saturated heterocycles. The Kier molecular flexibility index (Phi) is 9.88. The van der Waals surface area contributed by atoms with Gasteiger partial charge in [0.1, 0.15) is 24.2 Å². The van der Waals surface area contributed by atoms with Gasteiger partial charge in [-0.1, -0.05) is 44.2 Å². The minimum absolute atomic E-state index is 0.0698. The van der Waals surface area contributed by atoms with Gasteiger partial charge >= 0.3 is 5.97 Å². The Balaban J connectivity index is 1.53. The average Bonchev–Trinajstić information content (AvgIpc) is 3.04. The highest BCUT2D eigenvalue weighted by Gasteiger charge is 2.42. The third-order valence-electron chi connectivity index (χ3n) is 9.35. The van der Waals surface area contributed by atoms with Crippen LogP contribution in [0.4, 0.5) is 0 Å². The van der Waals surface area contributed by atoms with Crippen molar-refractivity contribution in [1.29, 1.82) is 0 Å². The van der Waals surface area contributed by atoms with Gasteiger partial charge in [-0.3, -0.25) is 24.2 Å². The van der Waals surface area contributed by atoms with Crippen LogP contribution >= 0.6 is 0 Å². The zero-order valence-electron chi connectivity index (χ0n) is 26.8. The molecule has 1 spiro atoms. The molecule has 4 atom stereocenters. The van der Waals surface area contributed by atoms with Crippen LogP contribution < -0.4 is 16.1 Å². The van der Waals surface area contributed by atoms with Crippen molar-refractivity contribution in [2.24, 2.45) is 11.3 Å². The van der Waals surface area contributed by atoms with Crippen LogP contribution in [-0.2, 0) is 28.7 Å². The molecule has 11 heteroatoms. The normalized spacial score (nSPS) is 31.1. The predicted molar refractivity (Wildman–Crippen MR) is 169 cm³/mol. The summed E-state index contributed by atoms with van der Waals surface area (Å²) < 4.78 is 11.4. The Bertz CT molecular complexity index is 1470. The highest BCUT2D eigenvalue weighted by atomic mass is 16.5. The van der Waals surface area contributed by atoms with Crippen molar-refractivity contribution in [2.45, 2.75) is 96.6 Å². The molecular formula is C34H45N5O6. The number of pyridine rings is 1. The van der Waals surface area contributed by atoms with E-state index in [-0.39, 0.29) is 23.8 Å². The number of fused-ring (bicyclic) bond motifs is 4. The molecule has 1 aromatic heterocycles. The van der Waals surface area contributed by atoms with Crippen molar-refractivity contribution in [3.05, 3.63) is 47.7 Å². The van der Waals surface area contributed by atoms with E-state index in [2.05, 4.69) is 16.1 Å². The average molecular weight is 620 g/mol. The maximum Gasteiger partial charge on any atom is 0.325 e. The fourth-order valence-corrected chi connectivity index (χ4v) is 6.40. The van der Waals surface area contributed by atoms with Crippen LogP contribution in [0, 0.1) is 11.3 Å². The number of ether oxygens (including phenoxy) is 2. The molecule has 0 unspecified atom stereocenters. The maximum atomic E-state index is 14.1. The number of hydrazine groups is 1. The number of esters is 1. The molecule has 242 valence electrons. The summed E-state index contributed by atoms with van der Waals surface area (Å²) in [6, 6.07) is 7.25. The van der Waals surface area contributed by atoms with Crippen LogP contribution in [0.3, 0.4) is 0 Å². The highest BCUT2D eigenvalue weighted by Crippen LogP contribution is 2.40. The third kappa shape index (κ3) is 7.20. The summed E-state index contributed by atoms with van der Waals surface area (Å²) in [7, 11) is 1.69. The van der Waals surface area contributed by atoms with E-state index < -0.39 is 41.5 Å². The summed E-state index contributed by atoms with van der Waals surface area (Å²) in [6.45, 7) is 7.49. The van der Waals surface area contributed by atoms with Crippen molar-refractivity contribution in [1.82, 2.24) is 26.1 Å². The summed E-state index contributed by atoms with van der Waals surface area (Å²) in [5.41, 5.74) is 4.38. The van der Waals surface area contributed by atoms with E-state index in [0.717, 1.165) is 16.5 Å². The van der Waals surface area contributed by atoms with Crippen molar-refractivity contribution in [3.8, 4) is 0 Å². The first-order valence-electron chi connectivity index (χ1n) is 16.0. The van der Waals surface area contributed by atoms with E-state index in [4.69, 9.17) is 14.5 Å². The van der Waals surface area contributed by atoms with Gasteiger partial charge in [-0.05, 0) is 76.0 Å². The molecule has 3 heterocycles. The van der Waals surface area contributed by atoms with Gasteiger partial charge in [0.15, 0.2) is 0 Å².